The minimum absolute atomic E-state index is 0.0810. The maximum absolute atomic E-state index is 12.5. The van der Waals surface area contributed by atoms with Crippen molar-refractivity contribution in [2.75, 3.05) is 31.0 Å². The zero-order valence-corrected chi connectivity index (χ0v) is 14.7. The maximum Gasteiger partial charge on any atom is 0.255 e. The molecule has 0 radical (unpaired) electrons. The fraction of sp³-hybridized carbons (Fsp3) is 0.316. The van der Waals surface area contributed by atoms with Crippen molar-refractivity contribution in [1.29, 1.82) is 0 Å². The number of pyridine rings is 1. The lowest BCUT2D eigenvalue weighted by Crippen LogP contribution is -2.23. The molecule has 0 saturated carbocycles. The van der Waals surface area contributed by atoms with Crippen LogP contribution in [0.1, 0.15) is 22.3 Å². The average molecular weight is 355 g/mol. The van der Waals surface area contributed by atoms with E-state index in [4.69, 9.17) is 9.47 Å². The number of amides is 2. The number of carbonyl (C=O) groups excluding carboxylic acids is 2. The number of aryl methyl sites for hydroxylation is 1. The summed E-state index contributed by atoms with van der Waals surface area (Å²) >= 11 is 0. The molecule has 1 aliphatic heterocycles. The van der Waals surface area contributed by atoms with Crippen molar-refractivity contribution in [2.24, 2.45) is 5.92 Å². The number of hydrogen-bond acceptors (Lipinski definition) is 5. The summed E-state index contributed by atoms with van der Waals surface area (Å²) in [5.41, 5.74) is 2.52. The van der Waals surface area contributed by atoms with E-state index in [1.165, 1.54) is 13.3 Å². The zero-order chi connectivity index (χ0) is 18.5. The van der Waals surface area contributed by atoms with E-state index in [2.05, 4.69) is 15.6 Å². The highest BCUT2D eigenvalue weighted by molar-refractivity contribution is 6.05. The summed E-state index contributed by atoms with van der Waals surface area (Å²) in [6.07, 6.45) is 2.24. The molecule has 1 atom stereocenters. The Kier molecular flexibility index (Phi) is 5.48. The first-order valence-corrected chi connectivity index (χ1v) is 8.37. The van der Waals surface area contributed by atoms with Gasteiger partial charge in [0.15, 0.2) is 0 Å². The van der Waals surface area contributed by atoms with Crippen molar-refractivity contribution in [3.63, 3.8) is 0 Å². The van der Waals surface area contributed by atoms with Crippen LogP contribution in [0.4, 0.5) is 11.4 Å². The quantitative estimate of drug-likeness (QED) is 0.861. The second-order valence-electron chi connectivity index (χ2n) is 6.12. The molecule has 1 saturated heterocycles. The van der Waals surface area contributed by atoms with Crippen molar-refractivity contribution in [3.8, 4) is 5.88 Å². The van der Waals surface area contributed by atoms with Crippen LogP contribution in [0.3, 0.4) is 0 Å². The summed E-state index contributed by atoms with van der Waals surface area (Å²) < 4.78 is 10.2. The van der Waals surface area contributed by atoms with Crippen LogP contribution >= 0.6 is 0 Å². The number of rotatable bonds is 5. The summed E-state index contributed by atoms with van der Waals surface area (Å²) in [5, 5.41) is 5.67. The number of anilines is 2. The third-order valence-corrected chi connectivity index (χ3v) is 4.26. The molecule has 1 aromatic heterocycles. The van der Waals surface area contributed by atoms with Crippen LogP contribution in [0, 0.1) is 12.8 Å². The lowest BCUT2D eigenvalue weighted by Gasteiger charge is -2.13. The third kappa shape index (κ3) is 4.18. The smallest absolute Gasteiger partial charge is 0.255 e. The highest BCUT2D eigenvalue weighted by Crippen LogP contribution is 2.21. The Morgan fingerprint density at radius 3 is 2.73 bits per heavy atom. The lowest BCUT2D eigenvalue weighted by molar-refractivity contribution is -0.119. The Morgan fingerprint density at radius 2 is 2.08 bits per heavy atom. The van der Waals surface area contributed by atoms with Crippen molar-refractivity contribution in [1.82, 2.24) is 4.98 Å². The maximum atomic E-state index is 12.5. The Balaban J connectivity index is 1.70. The van der Waals surface area contributed by atoms with Gasteiger partial charge in [-0.15, -0.1) is 0 Å². The van der Waals surface area contributed by atoms with E-state index < -0.39 is 0 Å². The number of benzene rings is 1. The second-order valence-corrected chi connectivity index (χ2v) is 6.12. The van der Waals surface area contributed by atoms with Gasteiger partial charge in [0.1, 0.15) is 0 Å². The van der Waals surface area contributed by atoms with Crippen LogP contribution in [-0.4, -0.2) is 37.1 Å². The van der Waals surface area contributed by atoms with Crippen LogP contribution in [0.5, 0.6) is 5.88 Å². The topological polar surface area (TPSA) is 89.6 Å². The molecule has 0 aliphatic carbocycles. The summed E-state index contributed by atoms with van der Waals surface area (Å²) in [5.74, 6) is -0.0318. The van der Waals surface area contributed by atoms with E-state index in [-0.39, 0.29) is 17.7 Å². The Bertz CT molecular complexity index is 799. The van der Waals surface area contributed by atoms with Gasteiger partial charge in [-0.3, -0.25) is 9.59 Å². The number of aromatic nitrogens is 1. The van der Waals surface area contributed by atoms with Crippen LogP contribution in [0.2, 0.25) is 0 Å². The molecule has 2 amide bonds. The third-order valence-electron chi connectivity index (χ3n) is 4.26. The van der Waals surface area contributed by atoms with Crippen molar-refractivity contribution in [2.45, 2.75) is 13.3 Å². The van der Waals surface area contributed by atoms with Gasteiger partial charge < -0.3 is 20.1 Å². The molecule has 0 bridgehead atoms. The number of nitrogens with one attached hydrogen (secondary N) is 2. The van der Waals surface area contributed by atoms with Gasteiger partial charge in [-0.1, -0.05) is 6.07 Å². The van der Waals surface area contributed by atoms with Crippen LogP contribution in [0.25, 0.3) is 0 Å². The average Bonchev–Trinajstić information content (AvgIpc) is 3.19. The van der Waals surface area contributed by atoms with Gasteiger partial charge in [-0.2, -0.15) is 0 Å². The van der Waals surface area contributed by atoms with E-state index in [1.54, 1.807) is 24.3 Å². The van der Waals surface area contributed by atoms with E-state index in [9.17, 15) is 9.59 Å². The molecule has 1 unspecified atom stereocenters. The molecular weight excluding hydrogens is 334 g/mol. The fourth-order valence-corrected chi connectivity index (χ4v) is 2.65. The molecule has 2 heterocycles. The molecule has 3 rings (SSSR count). The van der Waals surface area contributed by atoms with Crippen molar-refractivity contribution in [3.05, 3.63) is 47.7 Å². The second kappa shape index (κ2) is 7.97. The van der Waals surface area contributed by atoms with Crippen molar-refractivity contribution >= 4 is 23.2 Å². The van der Waals surface area contributed by atoms with E-state index >= 15 is 0 Å². The van der Waals surface area contributed by atoms with Gasteiger partial charge in [-0.05, 0) is 37.1 Å². The van der Waals surface area contributed by atoms with Gasteiger partial charge in [0.2, 0.25) is 11.8 Å². The SMILES string of the molecule is COc1ccc(NC(=O)c2ccc(C)c(NC(=O)C3CCOC3)c2)cn1. The molecule has 2 aromatic rings. The van der Waals surface area contributed by atoms with Crippen LogP contribution < -0.4 is 15.4 Å². The molecule has 7 heteroatoms. The molecule has 2 N–H and O–H groups in total. The number of nitrogens with zero attached hydrogens (tertiary/aromatic N) is 1. The van der Waals surface area contributed by atoms with Gasteiger partial charge >= 0.3 is 0 Å². The molecule has 136 valence electrons. The normalized spacial score (nSPS) is 16.2. The predicted molar refractivity (Wildman–Crippen MR) is 97.5 cm³/mol. The Hall–Kier alpha value is -2.93. The summed E-state index contributed by atoms with van der Waals surface area (Å²) in [6.45, 7) is 2.93. The van der Waals surface area contributed by atoms with Crippen molar-refractivity contribution < 1.29 is 19.1 Å². The highest BCUT2D eigenvalue weighted by atomic mass is 16.5. The minimum atomic E-state index is -0.281. The molecule has 26 heavy (non-hydrogen) atoms. The first-order valence-electron chi connectivity index (χ1n) is 8.37. The Labute approximate surface area is 151 Å². The monoisotopic (exact) mass is 355 g/mol. The van der Waals surface area contributed by atoms with E-state index in [0.717, 1.165) is 12.0 Å². The van der Waals surface area contributed by atoms with Gasteiger partial charge in [0.25, 0.3) is 5.91 Å². The van der Waals surface area contributed by atoms with E-state index in [1.807, 2.05) is 13.0 Å². The van der Waals surface area contributed by atoms with Gasteiger partial charge in [0, 0.05) is 23.9 Å². The van der Waals surface area contributed by atoms with Gasteiger partial charge in [0.05, 0.1) is 31.5 Å². The fourth-order valence-electron chi connectivity index (χ4n) is 2.65. The standard InChI is InChI=1S/C19H21N3O4/c1-12-3-4-13(9-16(12)22-19(24)14-7-8-26-11-14)18(23)21-15-5-6-17(25-2)20-10-15/h3-6,9-10,14H,7-8,11H2,1-2H3,(H,21,23)(H,22,24). The summed E-state index contributed by atoms with van der Waals surface area (Å²) in [4.78, 5) is 28.8. The number of carbonyl (C=O) groups is 2. The largest absolute Gasteiger partial charge is 0.481 e. The first kappa shape index (κ1) is 17.9. The highest BCUT2D eigenvalue weighted by Gasteiger charge is 2.24. The summed E-state index contributed by atoms with van der Waals surface area (Å²) in [6, 6.07) is 8.58. The minimum Gasteiger partial charge on any atom is -0.481 e. The molecule has 1 fully saturated rings. The molecular formula is C19H21N3O4. The number of hydrogen-bond donors (Lipinski definition) is 2. The van der Waals surface area contributed by atoms with Crippen LogP contribution in [-0.2, 0) is 9.53 Å². The Morgan fingerprint density at radius 1 is 1.23 bits per heavy atom. The van der Waals surface area contributed by atoms with Crippen LogP contribution in [0.15, 0.2) is 36.5 Å². The number of ether oxygens (including phenoxy) is 2. The number of methoxy groups -OCH3 is 1. The molecule has 7 nitrogen and oxygen atoms in total. The lowest BCUT2D eigenvalue weighted by atomic mass is 10.1. The predicted octanol–water partition coefficient (Wildman–Crippen LogP) is 2.63. The molecule has 1 aromatic carbocycles. The molecule has 1 aliphatic rings. The summed E-state index contributed by atoms with van der Waals surface area (Å²) in [7, 11) is 1.53. The van der Waals surface area contributed by atoms with Gasteiger partial charge in [-0.25, -0.2) is 4.98 Å². The molecule has 0 spiro atoms. The van der Waals surface area contributed by atoms with E-state index in [0.29, 0.717) is 36.0 Å². The zero-order valence-electron chi connectivity index (χ0n) is 14.7. The first-order chi connectivity index (χ1) is 12.6.